The van der Waals surface area contributed by atoms with Gasteiger partial charge >= 0.3 is 12.0 Å². The Balaban J connectivity index is 2.18. The maximum atomic E-state index is 11.5. The lowest BCUT2D eigenvalue weighted by molar-refractivity contribution is -0.137. The van der Waals surface area contributed by atoms with Crippen molar-refractivity contribution in [3.63, 3.8) is 0 Å². The average Bonchev–Trinajstić information content (AvgIpc) is 2.81. The zero-order chi connectivity index (χ0) is 14.3. The number of carboxylic acid groups (broad SMARTS) is 1. The molecule has 1 aliphatic rings. The molecule has 1 heterocycles. The summed E-state index contributed by atoms with van der Waals surface area (Å²) in [7, 11) is 0. The molecule has 0 aliphatic carbocycles. The lowest BCUT2D eigenvalue weighted by Gasteiger charge is -2.19. The minimum absolute atomic E-state index is 0.00661. The van der Waals surface area contributed by atoms with E-state index in [0.29, 0.717) is 6.61 Å². The van der Waals surface area contributed by atoms with Crippen LogP contribution in [0.15, 0.2) is 0 Å². The largest absolute Gasteiger partial charge is 0.481 e. The first-order valence-corrected chi connectivity index (χ1v) is 6.43. The summed E-state index contributed by atoms with van der Waals surface area (Å²) >= 11 is 0. The molecule has 0 bridgehead atoms. The first-order valence-electron chi connectivity index (χ1n) is 6.43. The summed E-state index contributed by atoms with van der Waals surface area (Å²) in [5, 5.41) is 13.2. The molecule has 3 N–H and O–H groups in total. The van der Waals surface area contributed by atoms with E-state index in [-0.39, 0.29) is 31.4 Å². The molecular formula is C12H20N2O5. The van der Waals surface area contributed by atoms with Crippen molar-refractivity contribution in [2.75, 3.05) is 6.61 Å². The van der Waals surface area contributed by atoms with Gasteiger partial charge in [0.15, 0.2) is 0 Å². The molecule has 0 aromatic carbocycles. The van der Waals surface area contributed by atoms with Gasteiger partial charge in [0.25, 0.3) is 0 Å². The van der Waals surface area contributed by atoms with Gasteiger partial charge < -0.3 is 15.2 Å². The number of carbonyl (C=O) groups is 3. The standard InChI is InChI=1S/C12H20N2O5/c1-8(9-4-3-7-19-9)13-12(18)14-10(15)5-2-6-11(16)17/h8-9H,2-7H2,1H3,(H,16,17)(H2,13,14,15,18). The molecule has 1 fully saturated rings. The Morgan fingerprint density at radius 1 is 1.37 bits per heavy atom. The number of rotatable bonds is 6. The zero-order valence-electron chi connectivity index (χ0n) is 11.0. The monoisotopic (exact) mass is 272 g/mol. The Kier molecular flexibility index (Phi) is 6.27. The van der Waals surface area contributed by atoms with Crippen LogP contribution in [0.5, 0.6) is 0 Å². The second kappa shape index (κ2) is 7.73. The number of urea groups is 1. The average molecular weight is 272 g/mol. The van der Waals surface area contributed by atoms with Crippen LogP contribution in [0.4, 0.5) is 4.79 Å². The molecule has 7 nitrogen and oxygen atoms in total. The van der Waals surface area contributed by atoms with Crippen LogP contribution < -0.4 is 10.6 Å². The number of carbonyl (C=O) groups excluding carboxylic acids is 2. The molecule has 1 aliphatic heterocycles. The third kappa shape index (κ3) is 6.19. The predicted octanol–water partition coefficient (Wildman–Crippen LogP) is 0.635. The Hall–Kier alpha value is -1.63. The fraction of sp³-hybridized carbons (Fsp3) is 0.750. The number of hydrogen-bond acceptors (Lipinski definition) is 4. The van der Waals surface area contributed by atoms with Crippen LogP contribution in [0.2, 0.25) is 0 Å². The lowest BCUT2D eigenvalue weighted by atomic mass is 10.1. The summed E-state index contributed by atoms with van der Waals surface area (Å²) in [6.45, 7) is 2.52. The summed E-state index contributed by atoms with van der Waals surface area (Å²) in [6, 6.07) is -0.724. The molecule has 0 aromatic rings. The maximum absolute atomic E-state index is 11.5. The van der Waals surface area contributed by atoms with Crippen LogP contribution in [0.3, 0.4) is 0 Å². The maximum Gasteiger partial charge on any atom is 0.321 e. The molecule has 1 saturated heterocycles. The van der Waals surface area contributed by atoms with Crippen molar-refractivity contribution in [1.82, 2.24) is 10.6 Å². The Morgan fingerprint density at radius 3 is 2.68 bits per heavy atom. The molecule has 0 saturated carbocycles. The van der Waals surface area contributed by atoms with Gasteiger partial charge in [-0.2, -0.15) is 0 Å². The molecule has 108 valence electrons. The van der Waals surface area contributed by atoms with E-state index >= 15 is 0 Å². The van der Waals surface area contributed by atoms with Crippen molar-refractivity contribution in [3.05, 3.63) is 0 Å². The molecule has 0 radical (unpaired) electrons. The van der Waals surface area contributed by atoms with Crippen LogP contribution in [-0.2, 0) is 14.3 Å². The fourth-order valence-corrected chi connectivity index (χ4v) is 1.92. The number of aliphatic carboxylic acids is 1. The Morgan fingerprint density at radius 2 is 2.11 bits per heavy atom. The van der Waals surface area contributed by atoms with Gasteiger partial charge in [-0.05, 0) is 26.2 Å². The second-order valence-corrected chi connectivity index (χ2v) is 4.61. The van der Waals surface area contributed by atoms with Crippen molar-refractivity contribution in [3.8, 4) is 0 Å². The molecule has 1 rings (SSSR count). The number of imide groups is 1. The van der Waals surface area contributed by atoms with E-state index in [0.717, 1.165) is 12.8 Å². The zero-order valence-corrected chi connectivity index (χ0v) is 11.0. The van der Waals surface area contributed by atoms with Crippen LogP contribution >= 0.6 is 0 Å². The van der Waals surface area contributed by atoms with Crippen molar-refractivity contribution in [1.29, 1.82) is 0 Å². The van der Waals surface area contributed by atoms with Gasteiger partial charge in [0.05, 0.1) is 12.1 Å². The lowest BCUT2D eigenvalue weighted by Crippen LogP contribution is -2.47. The molecule has 0 spiro atoms. The van der Waals surface area contributed by atoms with Crippen molar-refractivity contribution < 1.29 is 24.2 Å². The van der Waals surface area contributed by atoms with Crippen LogP contribution in [0.25, 0.3) is 0 Å². The molecule has 7 heteroatoms. The first kappa shape index (κ1) is 15.4. The summed E-state index contributed by atoms with van der Waals surface area (Å²) in [5.41, 5.74) is 0. The molecule has 2 unspecified atom stereocenters. The number of carboxylic acids is 1. The second-order valence-electron chi connectivity index (χ2n) is 4.61. The van der Waals surface area contributed by atoms with Gasteiger partial charge in [-0.25, -0.2) is 4.79 Å². The summed E-state index contributed by atoms with van der Waals surface area (Å²) in [5.74, 6) is -1.43. The smallest absolute Gasteiger partial charge is 0.321 e. The van der Waals surface area contributed by atoms with E-state index in [2.05, 4.69) is 10.6 Å². The van der Waals surface area contributed by atoms with Gasteiger partial charge in [0, 0.05) is 19.4 Å². The molecule has 0 aromatic heterocycles. The van der Waals surface area contributed by atoms with E-state index in [9.17, 15) is 14.4 Å². The van der Waals surface area contributed by atoms with Crippen LogP contribution in [0, 0.1) is 0 Å². The fourth-order valence-electron chi connectivity index (χ4n) is 1.92. The van der Waals surface area contributed by atoms with Gasteiger partial charge in [0.2, 0.25) is 5.91 Å². The number of hydrogen-bond donors (Lipinski definition) is 3. The van der Waals surface area contributed by atoms with Crippen molar-refractivity contribution in [2.45, 2.75) is 51.2 Å². The summed E-state index contributed by atoms with van der Waals surface area (Å²) in [4.78, 5) is 33.1. The van der Waals surface area contributed by atoms with E-state index in [4.69, 9.17) is 9.84 Å². The first-order chi connectivity index (χ1) is 8.99. The topological polar surface area (TPSA) is 105 Å². The van der Waals surface area contributed by atoms with E-state index < -0.39 is 17.9 Å². The quantitative estimate of drug-likeness (QED) is 0.658. The SMILES string of the molecule is CC(NC(=O)NC(=O)CCCC(=O)O)C1CCCO1. The minimum atomic E-state index is -0.954. The van der Waals surface area contributed by atoms with Gasteiger partial charge in [-0.1, -0.05) is 0 Å². The molecule has 19 heavy (non-hydrogen) atoms. The molecule has 2 atom stereocenters. The Bertz CT molecular complexity index is 339. The minimum Gasteiger partial charge on any atom is -0.481 e. The van der Waals surface area contributed by atoms with Gasteiger partial charge in [-0.15, -0.1) is 0 Å². The van der Waals surface area contributed by atoms with Crippen LogP contribution in [0.1, 0.15) is 39.0 Å². The number of nitrogens with one attached hydrogen (secondary N) is 2. The van der Waals surface area contributed by atoms with E-state index in [1.54, 1.807) is 0 Å². The van der Waals surface area contributed by atoms with E-state index in [1.807, 2.05) is 6.92 Å². The van der Waals surface area contributed by atoms with Gasteiger partial charge in [-0.3, -0.25) is 14.9 Å². The van der Waals surface area contributed by atoms with Gasteiger partial charge in [0.1, 0.15) is 0 Å². The summed E-state index contributed by atoms with van der Waals surface area (Å²) in [6.07, 6.45) is 2.03. The third-order valence-electron chi connectivity index (χ3n) is 2.93. The highest BCUT2D eigenvalue weighted by Crippen LogP contribution is 2.15. The highest BCUT2D eigenvalue weighted by molar-refractivity contribution is 5.94. The Labute approximate surface area is 111 Å². The van der Waals surface area contributed by atoms with Crippen molar-refractivity contribution >= 4 is 17.9 Å². The number of ether oxygens (including phenoxy) is 1. The number of amides is 3. The van der Waals surface area contributed by atoms with Crippen LogP contribution in [-0.4, -0.2) is 41.8 Å². The van der Waals surface area contributed by atoms with E-state index in [1.165, 1.54) is 0 Å². The normalized spacial score (nSPS) is 19.7. The highest BCUT2D eigenvalue weighted by atomic mass is 16.5. The molecular weight excluding hydrogens is 252 g/mol. The highest BCUT2D eigenvalue weighted by Gasteiger charge is 2.23. The third-order valence-corrected chi connectivity index (χ3v) is 2.93. The van der Waals surface area contributed by atoms with Crippen molar-refractivity contribution in [2.24, 2.45) is 0 Å². The molecule has 3 amide bonds. The predicted molar refractivity (Wildman–Crippen MR) is 66.6 cm³/mol. The summed E-state index contributed by atoms with van der Waals surface area (Å²) < 4.78 is 5.42.